The topological polar surface area (TPSA) is 18.5 Å². The van der Waals surface area contributed by atoms with Crippen LogP contribution in [0.15, 0.2) is 0 Å². The molecule has 0 radical (unpaired) electrons. The summed E-state index contributed by atoms with van der Waals surface area (Å²) < 4.78 is 13.9. The highest BCUT2D eigenvalue weighted by Gasteiger charge is 2.88. The molecule has 2 aliphatic heterocycles. The van der Waals surface area contributed by atoms with E-state index in [0.29, 0.717) is 12.2 Å². The molecule has 118 valence electrons. The zero-order valence-electron chi connectivity index (χ0n) is 13.6. The summed E-state index contributed by atoms with van der Waals surface area (Å²) in [5.74, 6) is 9.21. The maximum atomic E-state index is 6.93. The molecule has 6 saturated carbocycles. The van der Waals surface area contributed by atoms with E-state index in [4.69, 9.17) is 9.47 Å². The lowest BCUT2D eigenvalue weighted by molar-refractivity contribution is -0.109. The van der Waals surface area contributed by atoms with E-state index in [2.05, 4.69) is 13.8 Å². The lowest BCUT2D eigenvalue weighted by Crippen LogP contribution is -2.42. The van der Waals surface area contributed by atoms with Crippen molar-refractivity contribution in [1.82, 2.24) is 0 Å². The lowest BCUT2D eigenvalue weighted by Gasteiger charge is -2.36. The zero-order chi connectivity index (χ0) is 14.2. The van der Waals surface area contributed by atoms with Gasteiger partial charge < -0.3 is 9.47 Å². The average Bonchev–Trinajstić information content (AvgIpc) is 3.19. The molecule has 2 heterocycles. The van der Waals surface area contributed by atoms with Crippen LogP contribution in [0.3, 0.4) is 0 Å². The van der Waals surface area contributed by atoms with Crippen LogP contribution in [0.1, 0.15) is 39.5 Å². The first-order chi connectivity index (χ1) is 10.6. The number of hydrogen-bond donors (Lipinski definition) is 0. The van der Waals surface area contributed by atoms with E-state index in [1.807, 2.05) is 0 Å². The molecule has 2 saturated heterocycles. The van der Waals surface area contributed by atoms with Crippen LogP contribution >= 0.6 is 0 Å². The monoisotopic (exact) mass is 298 g/mol. The molecule has 22 heavy (non-hydrogen) atoms. The van der Waals surface area contributed by atoms with Crippen LogP contribution in [0.2, 0.25) is 0 Å². The largest absolute Gasteiger partial charge is 0.371 e. The number of rotatable bonds is 0. The fourth-order valence-corrected chi connectivity index (χ4v) is 11.2. The van der Waals surface area contributed by atoms with Crippen molar-refractivity contribution < 1.29 is 9.47 Å². The molecule has 0 amide bonds. The summed E-state index contributed by atoms with van der Waals surface area (Å²) in [4.78, 5) is 0. The van der Waals surface area contributed by atoms with Crippen molar-refractivity contribution in [1.29, 1.82) is 0 Å². The minimum absolute atomic E-state index is 0.253. The van der Waals surface area contributed by atoms with Crippen LogP contribution < -0.4 is 0 Å². The molecule has 0 bridgehead atoms. The van der Waals surface area contributed by atoms with Gasteiger partial charge >= 0.3 is 0 Å². The van der Waals surface area contributed by atoms with Gasteiger partial charge in [0.05, 0.1) is 23.4 Å². The summed E-state index contributed by atoms with van der Waals surface area (Å²) in [5, 5.41) is 0. The smallest absolute Gasteiger partial charge is 0.0726 e. The van der Waals surface area contributed by atoms with Gasteiger partial charge in [0, 0.05) is 0 Å². The highest BCUT2D eigenvalue weighted by Crippen LogP contribution is 2.86. The molecule has 8 fully saturated rings. The maximum Gasteiger partial charge on any atom is 0.0726 e. The summed E-state index contributed by atoms with van der Waals surface area (Å²) in [6.45, 7) is 5.12. The van der Waals surface area contributed by atoms with E-state index < -0.39 is 0 Å². The van der Waals surface area contributed by atoms with Crippen LogP contribution in [0.25, 0.3) is 0 Å². The van der Waals surface area contributed by atoms with Gasteiger partial charge in [-0.2, -0.15) is 0 Å². The molecule has 0 spiro atoms. The van der Waals surface area contributed by atoms with Crippen LogP contribution in [-0.2, 0) is 9.47 Å². The first-order valence-electron chi connectivity index (χ1n) is 10.0. The highest BCUT2D eigenvalue weighted by molar-refractivity contribution is 5.35. The molecule has 0 aromatic carbocycles. The predicted octanol–water partition coefficient (Wildman–Crippen LogP) is 3.11. The Balaban J connectivity index is 1.46. The van der Waals surface area contributed by atoms with E-state index in [9.17, 15) is 0 Å². The maximum absolute atomic E-state index is 6.93. The Labute approximate surface area is 132 Å². The third-order valence-electron chi connectivity index (χ3n) is 10.7. The van der Waals surface area contributed by atoms with Crippen molar-refractivity contribution in [3.05, 3.63) is 0 Å². The van der Waals surface area contributed by atoms with Gasteiger partial charge in [0.1, 0.15) is 0 Å². The highest BCUT2D eigenvalue weighted by atomic mass is 16.5. The van der Waals surface area contributed by atoms with Gasteiger partial charge in [-0.3, -0.25) is 0 Å². The minimum Gasteiger partial charge on any atom is -0.371 e. The van der Waals surface area contributed by atoms with Gasteiger partial charge in [-0.1, -0.05) is 0 Å². The number of fused-ring (bicyclic) bond motifs is 4. The van der Waals surface area contributed by atoms with Gasteiger partial charge in [0.25, 0.3) is 0 Å². The van der Waals surface area contributed by atoms with Gasteiger partial charge in [0.15, 0.2) is 0 Å². The molecule has 2 heteroatoms. The fraction of sp³-hybridized carbons (Fsp3) is 1.00. The van der Waals surface area contributed by atoms with Gasteiger partial charge in [0.2, 0.25) is 0 Å². The molecule has 8 rings (SSSR count). The minimum atomic E-state index is 0.253. The molecule has 2 nitrogen and oxygen atoms in total. The second kappa shape index (κ2) is 2.86. The van der Waals surface area contributed by atoms with Crippen LogP contribution in [0.5, 0.6) is 0 Å². The van der Waals surface area contributed by atoms with Gasteiger partial charge in [-0.15, -0.1) is 0 Å². The predicted molar refractivity (Wildman–Crippen MR) is 79.9 cm³/mol. The van der Waals surface area contributed by atoms with Gasteiger partial charge in [-0.25, -0.2) is 0 Å². The molecule has 0 aromatic rings. The Hall–Kier alpha value is -0.0800. The van der Waals surface area contributed by atoms with Crippen molar-refractivity contribution in [2.45, 2.75) is 62.9 Å². The van der Waals surface area contributed by atoms with E-state index in [0.717, 1.165) is 59.2 Å². The van der Waals surface area contributed by atoms with Crippen molar-refractivity contribution in [2.24, 2.45) is 59.2 Å². The summed E-state index contributed by atoms with van der Waals surface area (Å²) in [6, 6.07) is 0. The standard InChI is InChI=1S/C20H26O2/c1-19-15-7-3-6-10-12(7)18-13(15)14-16(20(18,2)22-10)8-4-5-9(21-19)11(8)17(14)19/h7-18H,3-6H2,1-2H3/t7?,8?,9?,10?,11?,12?,13?,14?,15?,16?,17?,18?,19-,20?/m1/s1. The summed E-state index contributed by atoms with van der Waals surface area (Å²) >= 11 is 0. The molecule has 0 N–H and O–H groups in total. The summed E-state index contributed by atoms with van der Waals surface area (Å²) in [6.07, 6.45) is 6.80. The van der Waals surface area contributed by atoms with Crippen LogP contribution in [-0.4, -0.2) is 23.4 Å². The summed E-state index contributed by atoms with van der Waals surface area (Å²) in [5.41, 5.74) is 0.507. The van der Waals surface area contributed by atoms with Crippen LogP contribution in [0.4, 0.5) is 0 Å². The van der Waals surface area contributed by atoms with Crippen molar-refractivity contribution in [2.75, 3.05) is 0 Å². The first-order valence-corrected chi connectivity index (χ1v) is 10.0. The molecule has 13 unspecified atom stereocenters. The Bertz CT molecular complexity index is 577. The van der Waals surface area contributed by atoms with Crippen LogP contribution in [0, 0.1) is 59.2 Å². The van der Waals surface area contributed by atoms with E-state index in [1.54, 1.807) is 0 Å². The Morgan fingerprint density at radius 3 is 1.50 bits per heavy atom. The second-order valence-corrected chi connectivity index (χ2v) is 10.6. The van der Waals surface area contributed by atoms with E-state index in [1.165, 1.54) is 25.7 Å². The third-order valence-corrected chi connectivity index (χ3v) is 10.7. The normalized spacial score (nSPS) is 83.2. The lowest BCUT2D eigenvalue weighted by atomic mass is 9.72. The van der Waals surface area contributed by atoms with Crippen molar-refractivity contribution in [3.63, 3.8) is 0 Å². The molecular weight excluding hydrogens is 272 g/mol. The van der Waals surface area contributed by atoms with Crippen molar-refractivity contribution >= 4 is 0 Å². The number of ether oxygens (including phenoxy) is 2. The fourth-order valence-electron chi connectivity index (χ4n) is 11.2. The third kappa shape index (κ3) is 0.775. The Morgan fingerprint density at radius 1 is 0.591 bits per heavy atom. The summed E-state index contributed by atoms with van der Waals surface area (Å²) in [7, 11) is 0. The molecule has 8 aliphatic rings. The zero-order valence-corrected chi connectivity index (χ0v) is 13.6. The first kappa shape index (κ1) is 11.5. The van der Waals surface area contributed by atoms with Gasteiger partial charge in [-0.05, 0) is 98.7 Å². The Kier molecular flexibility index (Phi) is 1.49. The molecule has 6 aliphatic carbocycles. The van der Waals surface area contributed by atoms with E-state index in [-0.39, 0.29) is 11.2 Å². The molecule has 14 atom stereocenters. The molecule has 0 aromatic heterocycles. The van der Waals surface area contributed by atoms with Crippen molar-refractivity contribution in [3.8, 4) is 0 Å². The Morgan fingerprint density at radius 2 is 1.05 bits per heavy atom. The van der Waals surface area contributed by atoms with E-state index >= 15 is 0 Å². The SMILES string of the molecule is CC12OC3CCC4C3C1C1C3C2C2CCC5O[C@](C)(C41)C3C52. The quantitative estimate of drug-likeness (QED) is 0.684. The molecular formula is C20H26O2. The average molecular weight is 298 g/mol. The number of hydrogen-bond acceptors (Lipinski definition) is 2. The second-order valence-electron chi connectivity index (χ2n) is 10.6.